The normalized spacial score (nSPS) is 23.1. The standard InChI is InChI=1S/C13H26N2O2S/c1-4-10(2)12(16)7-14-13(17)8-15(3)11-5-6-18-9-11/h10-12,16H,4-9H2,1-3H3,(H,14,17). The Morgan fingerprint density at radius 2 is 2.33 bits per heavy atom. The zero-order chi connectivity index (χ0) is 13.5. The van der Waals surface area contributed by atoms with Crippen molar-refractivity contribution in [1.82, 2.24) is 10.2 Å². The third-order valence-corrected chi connectivity index (χ3v) is 4.88. The zero-order valence-corrected chi connectivity index (χ0v) is 12.5. The number of aliphatic hydroxyl groups excluding tert-OH is 1. The number of likely N-dealkylation sites (N-methyl/N-ethyl adjacent to an activating group) is 1. The fourth-order valence-corrected chi connectivity index (χ4v) is 3.27. The van der Waals surface area contributed by atoms with Crippen molar-refractivity contribution in [3.63, 3.8) is 0 Å². The number of carbonyl (C=O) groups is 1. The molecule has 0 aromatic heterocycles. The molecule has 1 fully saturated rings. The number of thioether (sulfide) groups is 1. The van der Waals surface area contributed by atoms with Gasteiger partial charge in [-0.1, -0.05) is 20.3 Å². The number of hydrogen-bond acceptors (Lipinski definition) is 4. The minimum Gasteiger partial charge on any atom is -0.391 e. The molecular formula is C13H26N2O2S. The van der Waals surface area contributed by atoms with Crippen molar-refractivity contribution >= 4 is 17.7 Å². The van der Waals surface area contributed by atoms with Crippen LogP contribution in [0.1, 0.15) is 26.7 Å². The number of nitrogens with zero attached hydrogens (tertiary/aromatic N) is 1. The minimum atomic E-state index is -0.439. The fraction of sp³-hybridized carbons (Fsp3) is 0.923. The molecule has 1 aliphatic rings. The topological polar surface area (TPSA) is 52.6 Å². The van der Waals surface area contributed by atoms with Gasteiger partial charge in [-0.2, -0.15) is 11.8 Å². The second kappa shape index (κ2) is 8.02. The molecule has 0 aromatic carbocycles. The Hall–Kier alpha value is -0.260. The van der Waals surface area contributed by atoms with Gasteiger partial charge in [-0.15, -0.1) is 0 Å². The maximum atomic E-state index is 11.8. The Labute approximate surface area is 115 Å². The van der Waals surface area contributed by atoms with E-state index in [9.17, 15) is 9.90 Å². The summed E-state index contributed by atoms with van der Waals surface area (Å²) in [6.45, 7) is 4.83. The van der Waals surface area contributed by atoms with Gasteiger partial charge < -0.3 is 10.4 Å². The first-order valence-electron chi connectivity index (χ1n) is 6.77. The smallest absolute Gasteiger partial charge is 0.234 e. The lowest BCUT2D eigenvalue weighted by Gasteiger charge is -2.23. The minimum absolute atomic E-state index is 0.0109. The molecule has 4 nitrogen and oxygen atoms in total. The van der Waals surface area contributed by atoms with E-state index in [-0.39, 0.29) is 11.8 Å². The Morgan fingerprint density at radius 3 is 2.89 bits per heavy atom. The van der Waals surface area contributed by atoms with E-state index in [0.29, 0.717) is 19.1 Å². The first kappa shape index (κ1) is 15.8. The molecule has 18 heavy (non-hydrogen) atoms. The van der Waals surface area contributed by atoms with Crippen LogP contribution in [0.3, 0.4) is 0 Å². The molecule has 0 radical (unpaired) electrons. The first-order chi connectivity index (χ1) is 8.54. The van der Waals surface area contributed by atoms with E-state index in [2.05, 4.69) is 10.2 Å². The molecule has 0 bridgehead atoms. The van der Waals surface area contributed by atoms with Crippen LogP contribution in [0.25, 0.3) is 0 Å². The lowest BCUT2D eigenvalue weighted by molar-refractivity contribution is -0.122. The van der Waals surface area contributed by atoms with E-state index in [0.717, 1.165) is 12.2 Å². The third kappa shape index (κ3) is 5.16. The van der Waals surface area contributed by atoms with Gasteiger partial charge >= 0.3 is 0 Å². The Kier molecular flexibility index (Phi) is 7.04. The Morgan fingerprint density at radius 1 is 1.61 bits per heavy atom. The second-order valence-corrected chi connectivity index (χ2v) is 6.34. The molecule has 0 saturated carbocycles. The second-order valence-electron chi connectivity index (χ2n) is 5.19. The van der Waals surface area contributed by atoms with Crippen LogP contribution >= 0.6 is 11.8 Å². The van der Waals surface area contributed by atoms with Crippen molar-refractivity contribution in [2.24, 2.45) is 5.92 Å². The average Bonchev–Trinajstić information content (AvgIpc) is 2.88. The summed E-state index contributed by atoms with van der Waals surface area (Å²) in [6, 6.07) is 0.528. The van der Waals surface area contributed by atoms with E-state index in [1.165, 1.54) is 12.2 Å². The molecular weight excluding hydrogens is 248 g/mol. The molecule has 1 amide bonds. The monoisotopic (exact) mass is 274 g/mol. The van der Waals surface area contributed by atoms with Gasteiger partial charge in [0.15, 0.2) is 0 Å². The molecule has 1 rings (SSSR count). The van der Waals surface area contributed by atoms with Crippen LogP contribution in [0.15, 0.2) is 0 Å². The molecule has 2 N–H and O–H groups in total. The van der Waals surface area contributed by atoms with E-state index in [1.54, 1.807) is 0 Å². The molecule has 5 heteroatoms. The number of carbonyl (C=O) groups excluding carboxylic acids is 1. The fourth-order valence-electron chi connectivity index (χ4n) is 1.97. The van der Waals surface area contributed by atoms with E-state index in [4.69, 9.17) is 0 Å². The molecule has 0 aromatic rings. The lowest BCUT2D eigenvalue weighted by atomic mass is 10.0. The Bertz CT molecular complexity index is 257. The maximum Gasteiger partial charge on any atom is 0.234 e. The van der Waals surface area contributed by atoms with E-state index < -0.39 is 6.10 Å². The van der Waals surface area contributed by atoms with Crippen LogP contribution in [0, 0.1) is 5.92 Å². The molecule has 1 aliphatic heterocycles. The van der Waals surface area contributed by atoms with Crippen LogP contribution in [0.2, 0.25) is 0 Å². The summed E-state index contributed by atoms with van der Waals surface area (Å²) < 4.78 is 0. The van der Waals surface area contributed by atoms with Gasteiger partial charge in [-0.25, -0.2) is 0 Å². The number of hydrogen-bond donors (Lipinski definition) is 2. The summed E-state index contributed by atoms with van der Waals surface area (Å²) in [5.74, 6) is 2.56. The highest BCUT2D eigenvalue weighted by molar-refractivity contribution is 7.99. The van der Waals surface area contributed by atoms with Crippen molar-refractivity contribution in [1.29, 1.82) is 0 Å². The van der Waals surface area contributed by atoms with Crippen molar-refractivity contribution < 1.29 is 9.90 Å². The van der Waals surface area contributed by atoms with E-state index >= 15 is 0 Å². The van der Waals surface area contributed by atoms with Crippen molar-refractivity contribution in [3.05, 3.63) is 0 Å². The molecule has 1 saturated heterocycles. The highest BCUT2D eigenvalue weighted by Gasteiger charge is 2.22. The average molecular weight is 274 g/mol. The van der Waals surface area contributed by atoms with Gasteiger partial charge in [0.2, 0.25) is 5.91 Å². The summed E-state index contributed by atoms with van der Waals surface area (Å²) in [7, 11) is 2.00. The predicted molar refractivity (Wildman–Crippen MR) is 76.8 cm³/mol. The van der Waals surface area contributed by atoms with Gasteiger partial charge in [0, 0.05) is 18.3 Å². The number of nitrogens with one attached hydrogen (secondary N) is 1. The van der Waals surface area contributed by atoms with Crippen LogP contribution in [0.4, 0.5) is 0 Å². The number of amides is 1. The molecule has 0 aliphatic carbocycles. The third-order valence-electron chi connectivity index (χ3n) is 3.73. The maximum absolute atomic E-state index is 11.8. The molecule has 106 valence electrons. The lowest BCUT2D eigenvalue weighted by Crippen LogP contribution is -2.43. The van der Waals surface area contributed by atoms with Gasteiger partial charge in [0.05, 0.1) is 12.6 Å². The van der Waals surface area contributed by atoms with Crippen molar-refractivity contribution in [2.75, 3.05) is 31.6 Å². The van der Waals surface area contributed by atoms with Crippen LogP contribution in [-0.4, -0.2) is 59.7 Å². The molecule has 1 heterocycles. The van der Waals surface area contributed by atoms with Crippen molar-refractivity contribution in [2.45, 2.75) is 38.8 Å². The SMILES string of the molecule is CCC(C)C(O)CNC(=O)CN(C)C1CCSC1. The van der Waals surface area contributed by atoms with Crippen LogP contribution < -0.4 is 5.32 Å². The first-order valence-corrected chi connectivity index (χ1v) is 7.92. The summed E-state index contributed by atoms with van der Waals surface area (Å²) in [5, 5.41) is 12.6. The highest BCUT2D eigenvalue weighted by Crippen LogP contribution is 2.20. The quantitative estimate of drug-likeness (QED) is 0.726. The Balaban J connectivity index is 2.20. The molecule has 3 atom stereocenters. The van der Waals surface area contributed by atoms with Gasteiger partial charge in [0.25, 0.3) is 0 Å². The predicted octanol–water partition coefficient (Wildman–Crippen LogP) is 0.947. The van der Waals surface area contributed by atoms with Crippen LogP contribution in [0.5, 0.6) is 0 Å². The zero-order valence-electron chi connectivity index (χ0n) is 11.7. The summed E-state index contributed by atoms with van der Waals surface area (Å²) >= 11 is 1.95. The summed E-state index contributed by atoms with van der Waals surface area (Å²) in [6.07, 6.45) is 1.66. The summed E-state index contributed by atoms with van der Waals surface area (Å²) in [4.78, 5) is 13.9. The number of rotatable bonds is 7. The van der Waals surface area contributed by atoms with Crippen molar-refractivity contribution in [3.8, 4) is 0 Å². The van der Waals surface area contributed by atoms with Crippen LogP contribution in [-0.2, 0) is 4.79 Å². The number of aliphatic hydroxyl groups is 1. The van der Waals surface area contributed by atoms with Gasteiger partial charge in [-0.3, -0.25) is 9.69 Å². The van der Waals surface area contributed by atoms with Gasteiger partial charge in [-0.05, 0) is 25.1 Å². The highest BCUT2D eigenvalue weighted by atomic mass is 32.2. The largest absolute Gasteiger partial charge is 0.391 e. The van der Waals surface area contributed by atoms with E-state index in [1.807, 2.05) is 32.7 Å². The molecule has 0 spiro atoms. The van der Waals surface area contributed by atoms with Gasteiger partial charge in [0.1, 0.15) is 0 Å². The molecule has 3 unspecified atom stereocenters. The summed E-state index contributed by atoms with van der Waals surface area (Å²) in [5.41, 5.74) is 0.